The number of hydrogen-bond donors (Lipinski definition) is 2. The van der Waals surface area contributed by atoms with Gasteiger partial charge in [0.1, 0.15) is 11.6 Å². The molecule has 1 aliphatic rings. The van der Waals surface area contributed by atoms with Crippen molar-refractivity contribution in [1.29, 1.82) is 0 Å². The van der Waals surface area contributed by atoms with E-state index in [1.54, 1.807) is 54.1 Å². The zero-order chi connectivity index (χ0) is 23.2. The first kappa shape index (κ1) is 21.9. The monoisotopic (exact) mass is 511 g/mol. The van der Waals surface area contributed by atoms with Gasteiger partial charge in [-0.2, -0.15) is 0 Å². The second-order valence-electron chi connectivity index (χ2n) is 7.44. The second-order valence-corrected chi connectivity index (χ2v) is 8.75. The molecular weight excluding hydrogens is 494 g/mol. The molecule has 1 atom stereocenters. The van der Waals surface area contributed by atoms with Crippen LogP contribution in [0.4, 0.5) is 5.69 Å². The molecule has 1 fully saturated rings. The first-order chi connectivity index (χ1) is 15.2. The van der Waals surface area contributed by atoms with Gasteiger partial charge in [-0.05, 0) is 79.7 Å². The Labute approximate surface area is 197 Å². The van der Waals surface area contributed by atoms with Crippen molar-refractivity contribution < 1.29 is 19.5 Å². The molecule has 0 saturated carbocycles. The number of rotatable bonds is 4. The van der Waals surface area contributed by atoms with Crippen molar-refractivity contribution in [2.75, 3.05) is 4.90 Å². The van der Waals surface area contributed by atoms with E-state index >= 15 is 0 Å². The van der Waals surface area contributed by atoms with Crippen LogP contribution in [0.25, 0.3) is 17.0 Å². The SMILES string of the molecule is Cc1cc(Br)ccc1N1C(=O)/C(=C/c2ccc3c(ccn3[C@@H](C)C(=O)O)c2)C(=O)NC1=S. The molecule has 0 unspecified atom stereocenters. The summed E-state index contributed by atoms with van der Waals surface area (Å²) in [5.74, 6) is -2.01. The third-order valence-corrected chi connectivity index (χ3v) is 6.11. The van der Waals surface area contributed by atoms with Crippen molar-refractivity contribution in [3.05, 3.63) is 69.8 Å². The van der Waals surface area contributed by atoms with Crippen LogP contribution in [0.3, 0.4) is 0 Å². The van der Waals surface area contributed by atoms with E-state index < -0.39 is 23.8 Å². The Morgan fingerprint density at radius 2 is 1.94 bits per heavy atom. The highest BCUT2D eigenvalue weighted by molar-refractivity contribution is 9.10. The quantitative estimate of drug-likeness (QED) is 0.311. The van der Waals surface area contributed by atoms with Gasteiger partial charge in [0.25, 0.3) is 11.8 Å². The van der Waals surface area contributed by atoms with Gasteiger partial charge < -0.3 is 9.67 Å². The number of hydrogen-bond acceptors (Lipinski definition) is 4. The summed E-state index contributed by atoms with van der Waals surface area (Å²) in [5.41, 5.74) is 2.75. The number of carboxylic acid groups (broad SMARTS) is 1. The summed E-state index contributed by atoms with van der Waals surface area (Å²) in [5, 5.41) is 12.7. The van der Waals surface area contributed by atoms with Crippen LogP contribution in [-0.2, 0) is 14.4 Å². The van der Waals surface area contributed by atoms with Gasteiger partial charge in [0.05, 0.1) is 5.69 Å². The summed E-state index contributed by atoms with van der Waals surface area (Å²) in [6.45, 7) is 3.46. The lowest BCUT2D eigenvalue weighted by Gasteiger charge is -2.30. The van der Waals surface area contributed by atoms with Gasteiger partial charge in [0, 0.05) is 21.6 Å². The summed E-state index contributed by atoms with van der Waals surface area (Å²) in [4.78, 5) is 38.5. The molecule has 0 aliphatic carbocycles. The van der Waals surface area contributed by atoms with Gasteiger partial charge in [-0.3, -0.25) is 19.8 Å². The lowest BCUT2D eigenvalue weighted by Crippen LogP contribution is -2.54. The van der Waals surface area contributed by atoms with Crippen LogP contribution < -0.4 is 10.2 Å². The van der Waals surface area contributed by atoms with Crippen LogP contribution >= 0.6 is 28.1 Å². The van der Waals surface area contributed by atoms with E-state index in [9.17, 15) is 19.5 Å². The number of aryl methyl sites for hydroxylation is 1. The fourth-order valence-electron chi connectivity index (χ4n) is 3.64. The number of aliphatic carboxylic acids is 1. The van der Waals surface area contributed by atoms with Crippen LogP contribution in [-0.4, -0.2) is 32.6 Å². The Bertz CT molecular complexity index is 1340. The molecule has 1 aromatic heterocycles. The zero-order valence-electron chi connectivity index (χ0n) is 17.1. The van der Waals surface area contributed by atoms with Crippen LogP contribution in [0.1, 0.15) is 24.1 Å². The number of nitrogens with zero attached hydrogens (tertiary/aromatic N) is 2. The van der Waals surface area contributed by atoms with Crippen molar-refractivity contribution in [3.63, 3.8) is 0 Å². The molecule has 2 amide bonds. The number of carboxylic acids is 1. The van der Waals surface area contributed by atoms with Crippen LogP contribution in [0.5, 0.6) is 0 Å². The lowest BCUT2D eigenvalue weighted by atomic mass is 10.0. The van der Waals surface area contributed by atoms with Crippen molar-refractivity contribution in [2.24, 2.45) is 0 Å². The Hall–Kier alpha value is -3.30. The maximum absolute atomic E-state index is 13.2. The lowest BCUT2D eigenvalue weighted by molar-refractivity contribution is -0.140. The van der Waals surface area contributed by atoms with E-state index in [0.29, 0.717) is 11.3 Å². The number of carbonyl (C=O) groups excluding carboxylic acids is 2. The Kier molecular flexibility index (Phi) is 5.70. The normalized spacial score (nSPS) is 16.5. The smallest absolute Gasteiger partial charge is 0.326 e. The average molecular weight is 512 g/mol. The van der Waals surface area contributed by atoms with E-state index in [4.69, 9.17) is 12.2 Å². The summed E-state index contributed by atoms with van der Waals surface area (Å²) < 4.78 is 2.52. The van der Waals surface area contributed by atoms with Crippen molar-refractivity contribution >= 4 is 73.7 Å². The van der Waals surface area contributed by atoms with Crippen LogP contribution in [0.15, 0.2) is 58.7 Å². The molecule has 0 radical (unpaired) electrons. The van der Waals surface area contributed by atoms with E-state index in [1.807, 2.05) is 13.0 Å². The van der Waals surface area contributed by atoms with Gasteiger partial charge >= 0.3 is 5.97 Å². The highest BCUT2D eigenvalue weighted by atomic mass is 79.9. The Morgan fingerprint density at radius 3 is 2.62 bits per heavy atom. The van der Waals surface area contributed by atoms with Crippen molar-refractivity contribution in [1.82, 2.24) is 9.88 Å². The predicted octanol–water partition coefficient (Wildman–Crippen LogP) is 4.19. The number of amides is 2. The van der Waals surface area contributed by atoms with Crippen LogP contribution in [0, 0.1) is 6.92 Å². The number of fused-ring (bicyclic) bond motifs is 1. The zero-order valence-corrected chi connectivity index (χ0v) is 19.5. The summed E-state index contributed by atoms with van der Waals surface area (Å²) in [6, 6.07) is 11.8. The molecule has 3 aromatic rings. The number of aromatic nitrogens is 1. The number of benzene rings is 2. The largest absolute Gasteiger partial charge is 0.480 e. The molecule has 2 aromatic carbocycles. The second kappa shape index (κ2) is 8.33. The third-order valence-electron chi connectivity index (χ3n) is 5.33. The molecule has 1 saturated heterocycles. The third kappa shape index (κ3) is 3.85. The maximum Gasteiger partial charge on any atom is 0.326 e. The van der Waals surface area contributed by atoms with E-state index in [0.717, 1.165) is 20.9 Å². The highest BCUT2D eigenvalue weighted by Gasteiger charge is 2.35. The van der Waals surface area contributed by atoms with Crippen molar-refractivity contribution in [3.8, 4) is 0 Å². The van der Waals surface area contributed by atoms with Gasteiger partial charge in [-0.1, -0.05) is 22.0 Å². The fraction of sp³-hybridized carbons (Fsp3) is 0.130. The first-order valence-corrected chi connectivity index (χ1v) is 10.9. The summed E-state index contributed by atoms with van der Waals surface area (Å²) in [6.07, 6.45) is 3.22. The van der Waals surface area contributed by atoms with Crippen molar-refractivity contribution in [2.45, 2.75) is 19.9 Å². The Balaban J connectivity index is 1.73. The van der Waals surface area contributed by atoms with E-state index in [2.05, 4.69) is 21.2 Å². The first-order valence-electron chi connectivity index (χ1n) is 9.68. The maximum atomic E-state index is 13.2. The van der Waals surface area contributed by atoms with Gasteiger partial charge in [0.2, 0.25) is 0 Å². The highest BCUT2D eigenvalue weighted by Crippen LogP contribution is 2.28. The Morgan fingerprint density at radius 1 is 1.19 bits per heavy atom. The van der Waals surface area contributed by atoms with Crippen LogP contribution in [0.2, 0.25) is 0 Å². The van der Waals surface area contributed by atoms with E-state index in [-0.39, 0.29) is 10.7 Å². The molecular formula is C23H18BrN3O4S. The van der Waals surface area contributed by atoms with Gasteiger partial charge in [-0.25, -0.2) is 4.79 Å². The number of thiocarbonyl (C=S) groups is 1. The predicted molar refractivity (Wildman–Crippen MR) is 129 cm³/mol. The topological polar surface area (TPSA) is 91.6 Å². The molecule has 4 rings (SSSR count). The number of nitrogens with one attached hydrogen (secondary N) is 1. The summed E-state index contributed by atoms with van der Waals surface area (Å²) in [7, 11) is 0. The number of carbonyl (C=O) groups is 3. The molecule has 2 N–H and O–H groups in total. The van der Waals surface area contributed by atoms with Gasteiger partial charge in [-0.15, -0.1) is 0 Å². The minimum Gasteiger partial charge on any atom is -0.480 e. The standard InChI is InChI=1S/C23H18BrN3O4S/c1-12-9-16(24)4-6-18(12)27-21(29)17(20(28)25-23(27)32)11-14-3-5-19-15(10-14)7-8-26(19)13(2)22(30)31/h3-11,13H,1-2H3,(H,30,31)(H,25,28,32)/b17-11+/t13-/m0/s1. The molecule has 1 aliphatic heterocycles. The average Bonchev–Trinajstić information content (AvgIpc) is 3.15. The molecule has 7 nitrogen and oxygen atoms in total. The fourth-order valence-corrected chi connectivity index (χ4v) is 4.39. The molecule has 9 heteroatoms. The molecule has 32 heavy (non-hydrogen) atoms. The van der Waals surface area contributed by atoms with Gasteiger partial charge in [0.15, 0.2) is 5.11 Å². The van der Waals surface area contributed by atoms with E-state index in [1.165, 1.54) is 11.0 Å². The molecule has 2 heterocycles. The number of halogens is 1. The molecule has 0 spiro atoms. The minimum absolute atomic E-state index is 0.0257. The summed E-state index contributed by atoms with van der Waals surface area (Å²) >= 11 is 8.67. The molecule has 0 bridgehead atoms. The number of anilines is 1. The minimum atomic E-state index is -0.933. The molecule has 162 valence electrons.